The van der Waals surface area contributed by atoms with Crippen LogP contribution in [0.2, 0.25) is 0 Å². The van der Waals surface area contributed by atoms with Gasteiger partial charge in [0, 0.05) is 16.3 Å². The summed E-state index contributed by atoms with van der Waals surface area (Å²) in [5, 5.41) is 2.33. The normalized spacial score (nSPS) is 11.3. The Labute approximate surface area is 130 Å². The fourth-order valence-electron chi connectivity index (χ4n) is 2.56. The summed E-state index contributed by atoms with van der Waals surface area (Å²) in [5.74, 6) is 0.753. The van der Waals surface area contributed by atoms with Crippen LogP contribution >= 0.6 is 15.9 Å². The molecule has 0 bridgehead atoms. The van der Waals surface area contributed by atoms with E-state index in [0.29, 0.717) is 6.42 Å². The Morgan fingerprint density at radius 2 is 1.71 bits per heavy atom. The molecule has 102 valence electrons. The average Bonchev–Trinajstić information content (AvgIpc) is 2.92. The van der Waals surface area contributed by atoms with E-state index in [0.717, 1.165) is 26.8 Å². The number of benzene rings is 3. The van der Waals surface area contributed by atoms with Gasteiger partial charge in [0.1, 0.15) is 5.52 Å². The van der Waals surface area contributed by atoms with E-state index in [1.165, 1.54) is 10.9 Å². The summed E-state index contributed by atoms with van der Waals surface area (Å²) >= 11 is 3.45. The van der Waals surface area contributed by atoms with Crippen LogP contribution in [0, 0.1) is 0 Å². The number of halogens is 1. The fraction of sp³-hybridized carbons (Fsp3) is 0.0556. The van der Waals surface area contributed by atoms with Crippen LogP contribution in [0.3, 0.4) is 0 Å². The predicted octanol–water partition coefficient (Wildman–Crippen LogP) is 5.33. The molecule has 3 heteroatoms. The molecule has 0 fully saturated rings. The largest absolute Gasteiger partial charge is 0.440 e. The Bertz CT molecular complexity index is 925. The molecule has 0 aliphatic heterocycles. The summed E-state index contributed by atoms with van der Waals surface area (Å²) in [6.07, 6.45) is 0.705. The second-order valence-electron chi connectivity index (χ2n) is 5.04. The van der Waals surface area contributed by atoms with Crippen molar-refractivity contribution in [3.05, 3.63) is 76.6 Å². The van der Waals surface area contributed by atoms with Crippen molar-refractivity contribution in [3.63, 3.8) is 0 Å². The first-order chi connectivity index (χ1) is 10.3. The lowest BCUT2D eigenvalue weighted by molar-refractivity contribution is 0.544. The van der Waals surface area contributed by atoms with Crippen molar-refractivity contribution < 1.29 is 4.42 Å². The van der Waals surface area contributed by atoms with Crippen LogP contribution in [0.1, 0.15) is 11.5 Å². The molecule has 3 aromatic carbocycles. The number of hydrogen-bond acceptors (Lipinski definition) is 2. The van der Waals surface area contributed by atoms with Crippen molar-refractivity contribution in [1.29, 1.82) is 0 Å². The van der Waals surface area contributed by atoms with E-state index in [-0.39, 0.29) is 0 Å². The van der Waals surface area contributed by atoms with Gasteiger partial charge < -0.3 is 4.42 Å². The SMILES string of the molecule is Brc1ccc(Cc2nc3c(ccc4ccccc43)o2)cc1. The zero-order valence-corrected chi connectivity index (χ0v) is 12.8. The molecule has 2 nitrogen and oxygen atoms in total. The highest BCUT2D eigenvalue weighted by Crippen LogP contribution is 2.26. The Morgan fingerprint density at radius 3 is 2.57 bits per heavy atom. The zero-order valence-electron chi connectivity index (χ0n) is 11.2. The van der Waals surface area contributed by atoms with Crippen LogP contribution in [0.4, 0.5) is 0 Å². The third kappa shape index (κ3) is 2.34. The average molecular weight is 338 g/mol. The molecular formula is C18H12BrNO. The molecule has 0 atom stereocenters. The van der Waals surface area contributed by atoms with E-state index in [1.54, 1.807) is 0 Å². The Morgan fingerprint density at radius 1 is 0.905 bits per heavy atom. The van der Waals surface area contributed by atoms with E-state index in [2.05, 4.69) is 51.2 Å². The van der Waals surface area contributed by atoms with Crippen LogP contribution in [0.15, 0.2) is 69.6 Å². The molecule has 0 spiro atoms. The topological polar surface area (TPSA) is 26.0 Å². The van der Waals surface area contributed by atoms with Gasteiger partial charge in [0.05, 0.1) is 0 Å². The highest BCUT2D eigenvalue weighted by atomic mass is 79.9. The molecule has 0 unspecified atom stereocenters. The standard InChI is InChI=1S/C18H12BrNO/c19-14-8-5-12(6-9-14)11-17-20-18-15-4-2-1-3-13(15)7-10-16(18)21-17/h1-10H,11H2. The third-order valence-corrected chi connectivity index (χ3v) is 4.13. The summed E-state index contributed by atoms with van der Waals surface area (Å²) in [6, 6.07) is 20.6. The van der Waals surface area contributed by atoms with E-state index in [1.807, 2.05) is 30.3 Å². The van der Waals surface area contributed by atoms with Crippen molar-refractivity contribution in [2.45, 2.75) is 6.42 Å². The van der Waals surface area contributed by atoms with Gasteiger partial charge in [-0.1, -0.05) is 58.4 Å². The molecule has 1 heterocycles. The van der Waals surface area contributed by atoms with Gasteiger partial charge in [-0.25, -0.2) is 4.98 Å². The lowest BCUT2D eigenvalue weighted by atomic mass is 10.1. The van der Waals surface area contributed by atoms with Crippen LogP contribution < -0.4 is 0 Å². The van der Waals surface area contributed by atoms with Crippen molar-refractivity contribution in [2.24, 2.45) is 0 Å². The van der Waals surface area contributed by atoms with Crippen molar-refractivity contribution in [1.82, 2.24) is 4.98 Å². The first-order valence-electron chi connectivity index (χ1n) is 6.81. The second-order valence-corrected chi connectivity index (χ2v) is 5.96. The lowest BCUT2D eigenvalue weighted by Gasteiger charge is -1.96. The molecule has 0 amide bonds. The number of nitrogens with zero attached hydrogens (tertiary/aromatic N) is 1. The number of oxazole rings is 1. The Kier molecular flexibility index (Phi) is 3.00. The number of rotatable bonds is 2. The predicted molar refractivity (Wildman–Crippen MR) is 88.5 cm³/mol. The van der Waals surface area contributed by atoms with Gasteiger partial charge in [0.2, 0.25) is 0 Å². The van der Waals surface area contributed by atoms with Gasteiger partial charge >= 0.3 is 0 Å². The molecule has 0 N–H and O–H groups in total. The van der Waals surface area contributed by atoms with Crippen LogP contribution in [0.5, 0.6) is 0 Å². The maximum absolute atomic E-state index is 5.89. The number of fused-ring (bicyclic) bond motifs is 3. The van der Waals surface area contributed by atoms with Crippen LogP contribution in [-0.4, -0.2) is 4.98 Å². The Balaban J connectivity index is 1.79. The van der Waals surface area contributed by atoms with Gasteiger partial charge in [-0.3, -0.25) is 0 Å². The van der Waals surface area contributed by atoms with Crippen molar-refractivity contribution in [2.75, 3.05) is 0 Å². The van der Waals surface area contributed by atoms with Crippen molar-refractivity contribution >= 4 is 37.8 Å². The maximum Gasteiger partial charge on any atom is 0.199 e. The minimum atomic E-state index is 0.705. The second kappa shape index (κ2) is 5.01. The molecule has 0 aliphatic rings. The summed E-state index contributed by atoms with van der Waals surface area (Å²) < 4.78 is 6.97. The minimum absolute atomic E-state index is 0.705. The number of aromatic nitrogens is 1. The molecule has 1 aromatic heterocycles. The van der Waals surface area contributed by atoms with Gasteiger partial charge in [-0.05, 0) is 29.1 Å². The monoisotopic (exact) mass is 337 g/mol. The smallest absolute Gasteiger partial charge is 0.199 e. The summed E-state index contributed by atoms with van der Waals surface area (Å²) in [7, 11) is 0. The summed E-state index contributed by atoms with van der Waals surface area (Å²) in [4.78, 5) is 4.68. The highest BCUT2D eigenvalue weighted by molar-refractivity contribution is 9.10. The molecule has 4 aromatic rings. The molecule has 0 aliphatic carbocycles. The quantitative estimate of drug-likeness (QED) is 0.493. The van der Waals surface area contributed by atoms with E-state index in [9.17, 15) is 0 Å². The molecule has 0 saturated carbocycles. The minimum Gasteiger partial charge on any atom is -0.440 e. The molecule has 0 saturated heterocycles. The van der Waals surface area contributed by atoms with E-state index in [4.69, 9.17) is 4.42 Å². The molecule has 0 radical (unpaired) electrons. The first-order valence-corrected chi connectivity index (χ1v) is 7.60. The number of hydrogen-bond donors (Lipinski definition) is 0. The summed E-state index contributed by atoms with van der Waals surface area (Å²) in [6.45, 7) is 0. The van der Waals surface area contributed by atoms with Gasteiger partial charge in [-0.2, -0.15) is 0 Å². The van der Waals surface area contributed by atoms with Gasteiger partial charge in [0.25, 0.3) is 0 Å². The molecule has 4 rings (SSSR count). The van der Waals surface area contributed by atoms with E-state index >= 15 is 0 Å². The molecule has 21 heavy (non-hydrogen) atoms. The van der Waals surface area contributed by atoms with Crippen LogP contribution in [0.25, 0.3) is 21.9 Å². The van der Waals surface area contributed by atoms with Gasteiger partial charge in [0.15, 0.2) is 11.5 Å². The first kappa shape index (κ1) is 12.6. The summed E-state index contributed by atoms with van der Waals surface area (Å²) in [5.41, 5.74) is 2.98. The Hall–Kier alpha value is -2.13. The van der Waals surface area contributed by atoms with Crippen molar-refractivity contribution in [3.8, 4) is 0 Å². The third-order valence-electron chi connectivity index (χ3n) is 3.60. The van der Waals surface area contributed by atoms with E-state index < -0.39 is 0 Å². The lowest BCUT2D eigenvalue weighted by Crippen LogP contribution is -1.87. The maximum atomic E-state index is 5.89. The molecular weight excluding hydrogens is 326 g/mol. The van der Waals surface area contributed by atoms with Gasteiger partial charge in [-0.15, -0.1) is 0 Å². The van der Waals surface area contributed by atoms with Crippen LogP contribution in [-0.2, 0) is 6.42 Å². The highest BCUT2D eigenvalue weighted by Gasteiger charge is 2.09. The zero-order chi connectivity index (χ0) is 14.2. The fourth-order valence-corrected chi connectivity index (χ4v) is 2.82.